The molecule has 0 spiro atoms. The van der Waals surface area contributed by atoms with Gasteiger partial charge in [0.2, 0.25) is 0 Å². The molecule has 1 aromatic heterocycles. The van der Waals surface area contributed by atoms with E-state index in [0.717, 1.165) is 5.69 Å². The molecule has 0 bridgehead atoms. The van der Waals surface area contributed by atoms with E-state index in [0.29, 0.717) is 18.0 Å². The maximum atomic E-state index is 11.6. The molecule has 0 radical (unpaired) electrons. The average Bonchev–Trinajstić information content (AvgIpc) is 2.98. The number of aryl methyl sites for hydroxylation is 1. The number of aromatic nitrogens is 2. The molecule has 1 aliphatic rings. The van der Waals surface area contributed by atoms with Crippen molar-refractivity contribution in [2.75, 3.05) is 6.54 Å². The van der Waals surface area contributed by atoms with Crippen molar-refractivity contribution < 1.29 is 4.79 Å². The van der Waals surface area contributed by atoms with Crippen LogP contribution in [0.25, 0.3) is 0 Å². The number of carbonyl (C=O) groups excluding carboxylic acids is 1. The van der Waals surface area contributed by atoms with Gasteiger partial charge in [0.25, 0.3) is 5.91 Å². The lowest BCUT2D eigenvalue weighted by Crippen LogP contribution is -2.38. The van der Waals surface area contributed by atoms with E-state index < -0.39 is 0 Å². The summed E-state index contributed by atoms with van der Waals surface area (Å²) >= 11 is 0. The van der Waals surface area contributed by atoms with Crippen LogP contribution in [0.5, 0.6) is 0 Å². The first-order chi connectivity index (χ1) is 7.18. The highest BCUT2D eigenvalue weighted by Crippen LogP contribution is 2.31. The zero-order valence-corrected chi connectivity index (χ0v) is 8.79. The molecule has 0 aromatic carbocycles. The minimum absolute atomic E-state index is 0.0983. The van der Waals surface area contributed by atoms with Crippen LogP contribution in [0.2, 0.25) is 0 Å². The SMILES string of the molecule is Cc1[nH]ncc1C(=O)NCC(N)C1CC1. The van der Waals surface area contributed by atoms with Crippen LogP contribution in [0, 0.1) is 12.8 Å². The van der Waals surface area contributed by atoms with Crippen LogP contribution in [0.3, 0.4) is 0 Å². The Morgan fingerprint density at radius 1 is 1.80 bits per heavy atom. The molecular formula is C10H16N4O. The van der Waals surface area contributed by atoms with Crippen molar-refractivity contribution >= 4 is 5.91 Å². The van der Waals surface area contributed by atoms with E-state index in [2.05, 4.69) is 15.5 Å². The van der Waals surface area contributed by atoms with Crippen LogP contribution >= 0.6 is 0 Å². The maximum absolute atomic E-state index is 11.6. The molecule has 1 amide bonds. The van der Waals surface area contributed by atoms with E-state index in [9.17, 15) is 4.79 Å². The van der Waals surface area contributed by atoms with E-state index in [4.69, 9.17) is 5.73 Å². The molecule has 1 heterocycles. The third-order valence-corrected chi connectivity index (χ3v) is 2.80. The van der Waals surface area contributed by atoms with Crippen molar-refractivity contribution in [3.63, 3.8) is 0 Å². The number of nitrogens with zero attached hydrogens (tertiary/aromatic N) is 1. The van der Waals surface area contributed by atoms with E-state index in [1.54, 1.807) is 0 Å². The summed E-state index contributed by atoms with van der Waals surface area (Å²) < 4.78 is 0. The van der Waals surface area contributed by atoms with Crippen LogP contribution in [-0.2, 0) is 0 Å². The molecule has 1 atom stereocenters. The van der Waals surface area contributed by atoms with Gasteiger partial charge in [-0.25, -0.2) is 0 Å². The van der Waals surface area contributed by atoms with Crippen molar-refractivity contribution in [1.29, 1.82) is 0 Å². The summed E-state index contributed by atoms with van der Waals surface area (Å²) in [6.45, 7) is 2.37. The zero-order valence-electron chi connectivity index (χ0n) is 8.79. The fraction of sp³-hybridized carbons (Fsp3) is 0.600. The average molecular weight is 208 g/mol. The molecule has 82 valence electrons. The number of hydrogen-bond acceptors (Lipinski definition) is 3. The number of rotatable bonds is 4. The number of hydrogen-bond donors (Lipinski definition) is 3. The molecule has 1 aromatic rings. The second-order valence-corrected chi connectivity index (χ2v) is 4.12. The van der Waals surface area contributed by atoms with Gasteiger partial charge in [-0.1, -0.05) is 0 Å². The Labute approximate surface area is 88.4 Å². The Balaban J connectivity index is 1.84. The number of aromatic amines is 1. The van der Waals surface area contributed by atoms with Crippen LogP contribution in [0.4, 0.5) is 0 Å². The number of nitrogens with two attached hydrogens (primary N) is 1. The Bertz CT molecular complexity index is 356. The van der Waals surface area contributed by atoms with Crippen LogP contribution in [0.1, 0.15) is 28.9 Å². The predicted molar refractivity (Wildman–Crippen MR) is 56.4 cm³/mol. The Morgan fingerprint density at radius 3 is 3.07 bits per heavy atom. The molecular weight excluding hydrogens is 192 g/mol. The highest BCUT2D eigenvalue weighted by Gasteiger charge is 2.28. The first kappa shape index (κ1) is 10.2. The highest BCUT2D eigenvalue weighted by molar-refractivity contribution is 5.94. The summed E-state index contributed by atoms with van der Waals surface area (Å²) in [5.74, 6) is 0.507. The topological polar surface area (TPSA) is 83.8 Å². The summed E-state index contributed by atoms with van der Waals surface area (Å²) in [5, 5.41) is 9.35. The summed E-state index contributed by atoms with van der Waals surface area (Å²) in [6.07, 6.45) is 3.93. The fourth-order valence-corrected chi connectivity index (χ4v) is 1.58. The molecule has 1 fully saturated rings. The fourth-order valence-electron chi connectivity index (χ4n) is 1.58. The van der Waals surface area contributed by atoms with E-state index in [1.807, 2.05) is 6.92 Å². The molecule has 2 rings (SSSR count). The molecule has 4 N–H and O–H groups in total. The summed E-state index contributed by atoms with van der Waals surface area (Å²) in [5.41, 5.74) is 7.26. The van der Waals surface area contributed by atoms with Crippen molar-refractivity contribution in [3.8, 4) is 0 Å². The minimum atomic E-state index is -0.0997. The predicted octanol–water partition coefficient (Wildman–Crippen LogP) is 0.185. The molecule has 15 heavy (non-hydrogen) atoms. The Kier molecular flexibility index (Phi) is 2.73. The number of nitrogens with one attached hydrogen (secondary N) is 2. The van der Waals surface area contributed by atoms with Gasteiger partial charge in [-0.15, -0.1) is 0 Å². The van der Waals surface area contributed by atoms with Crippen LogP contribution in [-0.4, -0.2) is 28.7 Å². The van der Waals surface area contributed by atoms with Gasteiger partial charge < -0.3 is 11.1 Å². The van der Waals surface area contributed by atoms with Gasteiger partial charge in [0.05, 0.1) is 11.8 Å². The smallest absolute Gasteiger partial charge is 0.254 e. The number of carbonyl (C=O) groups is 1. The second-order valence-electron chi connectivity index (χ2n) is 4.12. The third-order valence-electron chi connectivity index (χ3n) is 2.80. The summed E-state index contributed by atoms with van der Waals surface area (Å²) in [6, 6.07) is 0.0983. The van der Waals surface area contributed by atoms with E-state index in [-0.39, 0.29) is 11.9 Å². The molecule has 1 saturated carbocycles. The number of amides is 1. The highest BCUT2D eigenvalue weighted by atomic mass is 16.1. The summed E-state index contributed by atoms with van der Waals surface area (Å²) in [4.78, 5) is 11.6. The standard InChI is InChI=1S/C10H16N4O/c1-6-8(4-13-14-6)10(15)12-5-9(11)7-2-3-7/h4,7,9H,2-3,5,11H2,1H3,(H,12,15)(H,13,14). The normalized spacial score (nSPS) is 17.5. The third kappa shape index (κ3) is 2.36. The lowest BCUT2D eigenvalue weighted by Gasteiger charge is -2.10. The summed E-state index contributed by atoms with van der Waals surface area (Å²) in [7, 11) is 0. The number of H-pyrrole nitrogens is 1. The van der Waals surface area contributed by atoms with E-state index in [1.165, 1.54) is 19.0 Å². The lowest BCUT2D eigenvalue weighted by molar-refractivity contribution is 0.0950. The quantitative estimate of drug-likeness (QED) is 0.660. The largest absolute Gasteiger partial charge is 0.350 e. The minimum Gasteiger partial charge on any atom is -0.350 e. The first-order valence-corrected chi connectivity index (χ1v) is 5.22. The Hall–Kier alpha value is -1.36. The first-order valence-electron chi connectivity index (χ1n) is 5.22. The maximum Gasteiger partial charge on any atom is 0.254 e. The molecule has 1 aliphatic carbocycles. The van der Waals surface area contributed by atoms with Crippen LogP contribution in [0.15, 0.2) is 6.20 Å². The molecule has 0 saturated heterocycles. The van der Waals surface area contributed by atoms with Gasteiger partial charge in [0.15, 0.2) is 0 Å². The zero-order chi connectivity index (χ0) is 10.8. The van der Waals surface area contributed by atoms with Crippen LogP contribution < -0.4 is 11.1 Å². The second kappa shape index (κ2) is 4.02. The van der Waals surface area contributed by atoms with Gasteiger partial charge in [-0.05, 0) is 25.7 Å². The molecule has 1 unspecified atom stereocenters. The van der Waals surface area contributed by atoms with Crippen molar-refractivity contribution in [2.45, 2.75) is 25.8 Å². The molecule has 0 aliphatic heterocycles. The van der Waals surface area contributed by atoms with Gasteiger partial charge >= 0.3 is 0 Å². The van der Waals surface area contributed by atoms with Gasteiger partial charge in [0, 0.05) is 18.3 Å². The van der Waals surface area contributed by atoms with Gasteiger partial charge in [0.1, 0.15) is 0 Å². The monoisotopic (exact) mass is 208 g/mol. The Morgan fingerprint density at radius 2 is 2.53 bits per heavy atom. The van der Waals surface area contributed by atoms with Crippen molar-refractivity contribution in [1.82, 2.24) is 15.5 Å². The van der Waals surface area contributed by atoms with Crippen molar-refractivity contribution in [3.05, 3.63) is 17.5 Å². The lowest BCUT2D eigenvalue weighted by atomic mass is 10.2. The van der Waals surface area contributed by atoms with Gasteiger partial charge in [-0.3, -0.25) is 9.89 Å². The molecule has 5 nitrogen and oxygen atoms in total. The van der Waals surface area contributed by atoms with Crippen molar-refractivity contribution in [2.24, 2.45) is 11.7 Å². The van der Waals surface area contributed by atoms with E-state index >= 15 is 0 Å². The van der Waals surface area contributed by atoms with Gasteiger partial charge in [-0.2, -0.15) is 5.10 Å². The molecule has 5 heteroatoms.